The van der Waals surface area contributed by atoms with Crippen molar-refractivity contribution < 1.29 is 19.2 Å². The van der Waals surface area contributed by atoms with Crippen LogP contribution < -0.4 is 5.32 Å². The van der Waals surface area contributed by atoms with E-state index in [1.54, 1.807) is 0 Å². The molecule has 1 unspecified atom stereocenters. The van der Waals surface area contributed by atoms with Crippen molar-refractivity contribution in [3.63, 3.8) is 0 Å². The van der Waals surface area contributed by atoms with E-state index >= 15 is 0 Å². The molecule has 1 atom stereocenters. The highest BCUT2D eigenvalue weighted by Gasteiger charge is 2.19. The van der Waals surface area contributed by atoms with Gasteiger partial charge in [0.1, 0.15) is 0 Å². The summed E-state index contributed by atoms with van der Waals surface area (Å²) in [5.41, 5.74) is 0.510. The summed E-state index contributed by atoms with van der Waals surface area (Å²) in [7, 11) is 0. The van der Waals surface area contributed by atoms with Crippen molar-refractivity contribution in [3.8, 4) is 0 Å². The van der Waals surface area contributed by atoms with E-state index in [1.165, 1.54) is 12.1 Å². The first-order valence-corrected chi connectivity index (χ1v) is 8.75. The SMILES string of the molecule is CCCC(NC(=O)COC(=O)c1cc([N+](=O)[O-])ccc1Cl)c1ccccc1. The van der Waals surface area contributed by atoms with Crippen LogP contribution in [0.25, 0.3) is 0 Å². The van der Waals surface area contributed by atoms with Gasteiger partial charge in [0.2, 0.25) is 0 Å². The summed E-state index contributed by atoms with van der Waals surface area (Å²) in [5.74, 6) is -1.36. The number of nitro groups is 1. The molecule has 2 rings (SSSR count). The van der Waals surface area contributed by atoms with Gasteiger partial charge in [0.05, 0.1) is 21.6 Å². The number of amides is 1. The van der Waals surface area contributed by atoms with Crippen molar-refractivity contribution >= 4 is 29.2 Å². The Hall–Kier alpha value is -2.93. The summed E-state index contributed by atoms with van der Waals surface area (Å²) in [6.07, 6.45) is 1.60. The van der Waals surface area contributed by atoms with E-state index in [0.717, 1.165) is 24.5 Å². The van der Waals surface area contributed by atoms with Crippen molar-refractivity contribution in [1.82, 2.24) is 5.32 Å². The summed E-state index contributed by atoms with van der Waals surface area (Å²) in [6.45, 7) is 1.50. The van der Waals surface area contributed by atoms with Gasteiger partial charge in [0.15, 0.2) is 6.61 Å². The first kappa shape index (κ1) is 20.4. The number of halogens is 1. The average molecular weight is 391 g/mol. The lowest BCUT2D eigenvalue weighted by atomic mass is 10.0. The summed E-state index contributed by atoms with van der Waals surface area (Å²) in [4.78, 5) is 34.5. The van der Waals surface area contributed by atoms with Crippen LogP contribution >= 0.6 is 11.6 Å². The van der Waals surface area contributed by atoms with Gasteiger partial charge in [0, 0.05) is 12.1 Å². The largest absolute Gasteiger partial charge is 0.452 e. The molecule has 0 saturated heterocycles. The number of benzene rings is 2. The van der Waals surface area contributed by atoms with E-state index in [2.05, 4.69) is 5.32 Å². The summed E-state index contributed by atoms with van der Waals surface area (Å²) in [6, 6.07) is 12.7. The van der Waals surface area contributed by atoms with E-state index < -0.39 is 23.4 Å². The fourth-order valence-electron chi connectivity index (χ4n) is 2.52. The van der Waals surface area contributed by atoms with Crippen LogP contribution in [0.2, 0.25) is 5.02 Å². The molecule has 0 spiro atoms. The molecule has 0 aliphatic carbocycles. The maximum Gasteiger partial charge on any atom is 0.340 e. The van der Waals surface area contributed by atoms with Crippen LogP contribution in [-0.2, 0) is 9.53 Å². The molecular weight excluding hydrogens is 372 g/mol. The smallest absolute Gasteiger partial charge is 0.340 e. The third-order valence-electron chi connectivity index (χ3n) is 3.83. The molecule has 142 valence electrons. The van der Waals surface area contributed by atoms with Crippen molar-refractivity contribution in [3.05, 3.63) is 74.8 Å². The number of carbonyl (C=O) groups is 2. The predicted molar refractivity (Wildman–Crippen MR) is 101 cm³/mol. The van der Waals surface area contributed by atoms with E-state index in [1.807, 2.05) is 37.3 Å². The number of carbonyl (C=O) groups excluding carboxylic acids is 2. The molecule has 0 saturated carbocycles. The number of nitrogens with one attached hydrogen (secondary N) is 1. The van der Waals surface area contributed by atoms with Crippen LogP contribution in [0.4, 0.5) is 5.69 Å². The zero-order valence-corrected chi connectivity index (χ0v) is 15.4. The standard InChI is InChI=1S/C19H19ClN2O5/c1-2-6-17(13-7-4-3-5-8-13)21-18(23)12-27-19(24)15-11-14(22(25)26)9-10-16(15)20/h3-5,7-11,17H,2,6,12H2,1H3,(H,21,23). The Morgan fingerprint density at radius 3 is 2.56 bits per heavy atom. The Kier molecular flexibility index (Phi) is 7.31. The third kappa shape index (κ3) is 5.79. The Labute approximate surface area is 161 Å². The summed E-state index contributed by atoms with van der Waals surface area (Å²) < 4.78 is 4.96. The van der Waals surface area contributed by atoms with Gasteiger partial charge in [-0.2, -0.15) is 0 Å². The van der Waals surface area contributed by atoms with Gasteiger partial charge in [-0.25, -0.2) is 4.79 Å². The number of nitro benzene ring substituents is 1. The normalized spacial score (nSPS) is 11.5. The predicted octanol–water partition coefficient (Wildman–Crippen LogP) is 4.06. The van der Waals surface area contributed by atoms with Gasteiger partial charge in [0.25, 0.3) is 11.6 Å². The Morgan fingerprint density at radius 2 is 1.93 bits per heavy atom. The van der Waals surface area contributed by atoms with Crippen molar-refractivity contribution in [2.45, 2.75) is 25.8 Å². The van der Waals surface area contributed by atoms with E-state index in [4.69, 9.17) is 16.3 Å². The molecule has 0 heterocycles. The van der Waals surface area contributed by atoms with Gasteiger partial charge >= 0.3 is 5.97 Å². The molecule has 0 aromatic heterocycles. The van der Waals surface area contributed by atoms with Gasteiger partial charge in [-0.3, -0.25) is 14.9 Å². The summed E-state index contributed by atoms with van der Waals surface area (Å²) >= 11 is 5.89. The van der Waals surface area contributed by atoms with Crippen LogP contribution in [-0.4, -0.2) is 23.4 Å². The monoisotopic (exact) mass is 390 g/mol. The van der Waals surface area contributed by atoms with Gasteiger partial charge in [-0.05, 0) is 18.1 Å². The van der Waals surface area contributed by atoms with E-state index in [9.17, 15) is 19.7 Å². The van der Waals surface area contributed by atoms with Crippen LogP contribution in [0.5, 0.6) is 0 Å². The number of nitrogens with zero attached hydrogens (tertiary/aromatic N) is 1. The molecule has 0 radical (unpaired) electrons. The van der Waals surface area contributed by atoms with Gasteiger partial charge < -0.3 is 10.1 Å². The first-order valence-electron chi connectivity index (χ1n) is 8.37. The van der Waals surface area contributed by atoms with E-state index in [0.29, 0.717) is 0 Å². The molecule has 2 aromatic rings. The maximum absolute atomic E-state index is 12.2. The lowest BCUT2D eigenvalue weighted by molar-refractivity contribution is -0.384. The number of rotatable bonds is 8. The molecule has 0 aliphatic heterocycles. The van der Waals surface area contributed by atoms with Crippen molar-refractivity contribution in [1.29, 1.82) is 0 Å². The number of hydrogen-bond donors (Lipinski definition) is 1. The molecule has 7 nitrogen and oxygen atoms in total. The first-order chi connectivity index (χ1) is 12.9. The molecule has 8 heteroatoms. The maximum atomic E-state index is 12.2. The molecular formula is C19H19ClN2O5. The molecule has 0 fully saturated rings. The molecule has 0 bridgehead atoms. The lowest BCUT2D eigenvalue weighted by Crippen LogP contribution is -2.32. The average Bonchev–Trinajstić information content (AvgIpc) is 2.66. The molecule has 2 aromatic carbocycles. The van der Waals surface area contributed by atoms with Crippen LogP contribution in [0.15, 0.2) is 48.5 Å². The fourth-order valence-corrected chi connectivity index (χ4v) is 2.72. The zero-order valence-electron chi connectivity index (χ0n) is 14.7. The fraction of sp³-hybridized carbons (Fsp3) is 0.263. The number of ether oxygens (including phenoxy) is 1. The quantitative estimate of drug-likeness (QED) is 0.416. The Balaban J connectivity index is 1.99. The van der Waals surface area contributed by atoms with Crippen LogP contribution in [0, 0.1) is 10.1 Å². The van der Waals surface area contributed by atoms with Gasteiger partial charge in [-0.15, -0.1) is 0 Å². The second-order valence-electron chi connectivity index (χ2n) is 5.82. The Bertz CT molecular complexity index is 826. The minimum Gasteiger partial charge on any atom is -0.452 e. The minimum atomic E-state index is -0.898. The van der Waals surface area contributed by atoms with E-state index in [-0.39, 0.29) is 22.3 Å². The number of hydrogen-bond acceptors (Lipinski definition) is 5. The number of non-ortho nitro benzene ring substituents is 1. The molecule has 1 amide bonds. The van der Waals surface area contributed by atoms with Crippen LogP contribution in [0.3, 0.4) is 0 Å². The highest BCUT2D eigenvalue weighted by Crippen LogP contribution is 2.23. The second kappa shape index (κ2) is 9.68. The zero-order chi connectivity index (χ0) is 19.8. The second-order valence-corrected chi connectivity index (χ2v) is 6.22. The summed E-state index contributed by atoms with van der Waals surface area (Å²) in [5, 5.41) is 13.7. The topological polar surface area (TPSA) is 98.5 Å². The molecule has 1 N–H and O–H groups in total. The highest BCUT2D eigenvalue weighted by atomic mass is 35.5. The van der Waals surface area contributed by atoms with Gasteiger partial charge in [-0.1, -0.05) is 55.3 Å². The minimum absolute atomic E-state index is 0.0131. The third-order valence-corrected chi connectivity index (χ3v) is 4.16. The highest BCUT2D eigenvalue weighted by molar-refractivity contribution is 6.33. The molecule has 27 heavy (non-hydrogen) atoms. The number of esters is 1. The van der Waals surface area contributed by atoms with Crippen LogP contribution in [0.1, 0.15) is 41.7 Å². The Morgan fingerprint density at radius 1 is 1.22 bits per heavy atom. The lowest BCUT2D eigenvalue weighted by Gasteiger charge is -2.18. The van der Waals surface area contributed by atoms with Crippen molar-refractivity contribution in [2.75, 3.05) is 6.61 Å². The molecule has 0 aliphatic rings. The van der Waals surface area contributed by atoms with Crippen molar-refractivity contribution in [2.24, 2.45) is 0 Å².